The van der Waals surface area contributed by atoms with Gasteiger partial charge in [-0.05, 0) is 30.5 Å². The molecule has 0 radical (unpaired) electrons. The number of nitrogens with one attached hydrogen (secondary N) is 1. The standard InChI is InChI=1S/C19H22ClN3O2S/c20-15-7-5-6-14(10-15)13-26-19-21-16(11-17(24)22-19)12-18(25)23-8-3-1-2-4-9-23/h5-7,10-11H,1-4,8-9,12-13H2,(H,21,22,24). The average molecular weight is 392 g/mol. The largest absolute Gasteiger partial charge is 0.342 e. The van der Waals surface area contributed by atoms with Crippen molar-refractivity contribution in [3.05, 3.63) is 57.0 Å². The van der Waals surface area contributed by atoms with Gasteiger partial charge in [0.05, 0.1) is 12.1 Å². The molecule has 0 saturated carbocycles. The van der Waals surface area contributed by atoms with E-state index in [0.29, 0.717) is 21.6 Å². The molecule has 0 aliphatic carbocycles. The summed E-state index contributed by atoms with van der Waals surface area (Å²) < 4.78 is 0. The lowest BCUT2D eigenvalue weighted by molar-refractivity contribution is -0.130. The van der Waals surface area contributed by atoms with Gasteiger partial charge in [-0.3, -0.25) is 9.59 Å². The number of thioether (sulfide) groups is 1. The molecule has 1 amide bonds. The van der Waals surface area contributed by atoms with E-state index in [1.807, 2.05) is 29.2 Å². The third kappa shape index (κ3) is 5.61. The molecule has 0 unspecified atom stereocenters. The molecule has 1 aliphatic heterocycles. The molecule has 1 N–H and O–H groups in total. The minimum absolute atomic E-state index is 0.0517. The quantitative estimate of drug-likeness (QED) is 0.624. The van der Waals surface area contributed by atoms with Crippen molar-refractivity contribution >= 4 is 29.3 Å². The number of halogens is 1. The first-order valence-corrected chi connectivity index (χ1v) is 10.2. The van der Waals surface area contributed by atoms with Crippen molar-refractivity contribution in [2.75, 3.05) is 13.1 Å². The van der Waals surface area contributed by atoms with Crippen LogP contribution in [0.15, 0.2) is 40.3 Å². The zero-order valence-electron chi connectivity index (χ0n) is 14.5. The zero-order valence-corrected chi connectivity index (χ0v) is 16.1. The second-order valence-corrected chi connectivity index (χ2v) is 7.83. The topological polar surface area (TPSA) is 66.1 Å². The van der Waals surface area contributed by atoms with Gasteiger partial charge in [-0.2, -0.15) is 0 Å². The number of amides is 1. The van der Waals surface area contributed by atoms with Crippen molar-refractivity contribution in [3.63, 3.8) is 0 Å². The van der Waals surface area contributed by atoms with Crippen LogP contribution in [-0.2, 0) is 17.0 Å². The molecular formula is C19H22ClN3O2S. The summed E-state index contributed by atoms with van der Waals surface area (Å²) in [5.41, 5.74) is 1.35. The summed E-state index contributed by atoms with van der Waals surface area (Å²) in [5.74, 6) is 0.698. The Morgan fingerprint density at radius 2 is 1.96 bits per heavy atom. The lowest BCUT2D eigenvalue weighted by atomic mass is 10.2. The Bertz CT molecular complexity index is 816. The second kappa shape index (κ2) is 9.24. The van der Waals surface area contributed by atoms with Crippen LogP contribution in [0.1, 0.15) is 36.9 Å². The number of likely N-dealkylation sites (tertiary alicyclic amines) is 1. The van der Waals surface area contributed by atoms with Gasteiger partial charge in [0, 0.05) is 29.9 Å². The molecule has 138 valence electrons. The number of rotatable bonds is 5. The second-order valence-electron chi connectivity index (χ2n) is 6.43. The van der Waals surface area contributed by atoms with Crippen molar-refractivity contribution in [1.82, 2.24) is 14.9 Å². The van der Waals surface area contributed by atoms with E-state index in [2.05, 4.69) is 9.97 Å². The summed E-state index contributed by atoms with van der Waals surface area (Å²) >= 11 is 7.42. The Labute approximate surface area is 162 Å². The van der Waals surface area contributed by atoms with Crippen molar-refractivity contribution in [2.45, 2.75) is 43.0 Å². The highest BCUT2D eigenvalue weighted by Gasteiger charge is 2.17. The van der Waals surface area contributed by atoms with E-state index in [-0.39, 0.29) is 17.9 Å². The van der Waals surface area contributed by atoms with E-state index < -0.39 is 0 Å². The Morgan fingerprint density at radius 3 is 2.69 bits per heavy atom. The number of hydrogen-bond donors (Lipinski definition) is 1. The van der Waals surface area contributed by atoms with E-state index in [1.165, 1.54) is 30.7 Å². The van der Waals surface area contributed by atoms with Gasteiger partial charge in [-0.25, -0.2) is 4.98 Å². The van der Waals surface area contributed by atoms with E-state index in [1.54, 1.807) is 0 Å². The molecule has 1 saturated heterocycles. The molecule has 0 atom stereocenters. The van der Waals surface area contributed by atoms with Crippen LogP contribution in [0.25, 0.3) is 0 Å². The van der Waals surface area contributed by atoms with Crippen LogP contribution in [0.3, 0.4) is 0 Å². The maximum atomic E-state index is 12.5. The van der Waals surface area contributed by atoms with E-state index in [9.17, 15) is 9.59 Å². The van der Waals surface area contributed by atoms with E-state index >= 15 is 0 Å². The molecule has 1 aromatic heterocycles. The Morgan fingerprint density at radius 1 is 1.19 bits per heavy atom. The summed E-state index contributed by atoms with van der Waals surface area (Å²) in [6.07, 6.45) is 4.63. The highest BCUT2D eigenvalue weighted by atomic mass is 35.5. The van der Waals surface area contributed by atoms with Crippen LogP contribution in [0, 0.1) is 0 Å². The van der Waals surface area contributed by atoms with Gasteiger partial charge in [-0.1, -0.05) is 48.3 Å². The van der Waals surface area contributed by atoms with Crippen LogP contribution < -0.4 is 5.56 Å². The van der Waals surface area contributed by atoms with Crippen molar-refractivity contribution < 1.29 is 4.79 Å². The normalized spacial score (nSPS) is 14.9. The summed E-state index contributed by atoms with van der Waals surface area (Å²) in [6, 6.07) is 9.00. The number of benzene rings is 1. The summed E-state index contributed by atoms with van der Waals surface area (Å²) in [7, 11) is 0. The predicted molar refractivity (Wildman–Crippen MR) is 105 cm³/mol. The molecule has 5 nitrogen and oxygen atoms in total. The van der Waals surface area contributed by atoms with Gasteiger partial charge in [0.2, 0.25) is 5.91 Å². The molecule has 2 heterocycles. The molecule has 2 aromatic rings. The van der Waals surface area contributed by atoms with Crippen molar-refractivity contribution in [2.24, 2.45) is 0 Å². The monoisotopic (exact) mass is 391 g/mol. The smallest absolute Gasteiger partial charge is 0.251 e. The number of nitrogens with zero attached hydrogens (tertiary/aromatic N) is 2. The minimum atomic E-state index is -0.229. The average Bonchev–Trinajstić information content (AvgIpc) is 2.89. The number of H-pyrrole nitrogens is 1. The molecule has 1 fully saturated rings. The van der Waals surface area contributed by atoms with Gasteiger partial charge < -0.3 is 9.88 Å². The number of aromatic amines is 1. The zero-order chi connectivity index (χ0) is 18.4. The van der Waals surface area contributed by atoms with Crippen LogP contribution in [0.5, 0.6) is 0 Å². The first-order valence-electron chi connectivity index (χ1n) is 8.85. The molecule has 0 bridgehead atoms. The molecule has 26 heavy (non-hydrogen) atoms. The Kier molecular flexibility index (Phi) is 6.74. The number of hydrogen-bond acceptors (Lipinski definition) is 4. The Balaban J connectivity index is 1.65. The van der Waals surface area contributed by atoms with E-state index in [0.717, 1.165) is 31.5 Å². The predicted octanol–water partition coefficient (Wildman–Crippen LogP) is 3.66. The maximum absolute atomic E-state index is 12.5. The molecule has 3 rings (SSSR count). The molecule has 0 spiro atoms. The molecule has 7 heteroatoms. The number of carbonyl (C=O) groups is 1. The first kappa shape index (κ1) is 19.0. The van der Waals surface area contributed by atoms with Gasteiger partial charge in [-0.15, -0.1) is 0 Å². The lowest BCUT2D eigenvalue weighted by Gasteiger charge is -2.20. The first-order chi connectivity index (χ1) is 12.6. The van der Waals surface area contributed by atoms with Gasteiger partial charge in [0.15, 0.2) is 5.16 Å². The van der Waals surface area contributed by atoms with E-state index in [4.69, 9.17) is 11.6 Å². The molecule has 1 aliphatic rings. The maximum Gasteiger partial charge on any atom is 0.251 e. The van der Waals surface area contributed by atoms with Crippen LogP contribution in [-0.4, -0.2) is 33.9 Å². The van der Waals surface area contributed by atoms with Gasteiger partial charge in [0.1, 0.15) is 0 Å². The summed E-state index contributed by atoms with van der Waals surface area (Å²) in [4.78, 5) is 33.5. The SMILES string of the molecule is O=C(Cc1cc(=O)[nH]c(SCc2cccc(Cl)c2)n1)N1CCCCCC1. The highest BCUT2D eigenvalue weighted by molar-refractivity contribution is 7.98. The van der Waals surface area contributed by atoms with Crippen molar-refractivity contribution in [3.8, 4) is 0 Å². The summed E-state index contributed by atoms with van der Waals surface area (Å²) in [5, 5.41) is 1.21. The van der Waals surface area contributed by atoms with Crippen LogP contribution in [0.2, 0.25) is 5.02 Å². The third-order valence-electron chi connectivity index (χ3n) is 4.33. The van der Waals surface area contributed by atoms with Gasteiger partial charge >= 0.3 is 0 Å². The van der Waals surface area contributed by atoms with Gasteiger partial charge in [0.25, 0.3) is 5.56 Å². The minimum Gasteiger partial charge on any atom is -0.342 e. The fourth-order valence-electron chi connectivity index (χ4n) is 3.01. The van der Waals surface area contributed by atoms with Crippen LogP contribution >= 0.6 is 23.4 Å². The fraction of sp³-hybridized carbons (Fsp3) is 0.421. The highest BCUT2D eigenvalue weighted by Crippen LogP contribution is 2.21. The number of carbonyl (C=O) groups excluding carboxylic acids is 1. The molecule has 1 aromatic carbocycles. The fourth-order valence-corrected chi connectivity index (χ4v) is 4.06. The summed E-state index contributed by atoms with van der Waals surface area (Å²) in [6.45, 7) is 1.61. The number of aromatic nitrogens is 2. The van der Waals surface area contributed by atoms with Crippen LogP contribution in [0.4, 0.5) is 0 Å². The lowest BCUT2D eigenvalue weighted by Crippen LogP contribution is -2.33. The van der Waals surface area contributed by atoms with Crippen molar-refractivity contribution in [1.29, 1.82) is 0 Å². The third-order valence-corrected chi connectivity index (χ3v) is 5.51. The molecular weight excluding hydrogens is 370 g/mol. The Hall–Kier alpha value is -1.79.